The van der Waals surface area contributed by atoms with Crippen LogP contribution in [0.15, 0.2) is 53.4 Å². The molecule has 0 bridgehead atoms. The Hall–Kier alpha value is -2.48. The third-order valence-corrected chi connectivity index (χ3v) is 4.95. The first kappa shape index (κ1) is 19.3. The second-order valence-corrected chi connectivity index (χ2v) is 7.18. The second kappa shape index (κ2) is 8.04. The van der Waals surface area contributed by atoms with E-state index in [2.05, 4.69) is 5.32 Å². The highest BCUT2D eigenvalue weighted by atomic mass is 32.2. The Morgan fingerprint density at radius 2 is 1.59 bits per heavy atom. The van der Waals surface area contributed by atoms with Gasteiger partial charge in [0.15, 0.2) is 0 Å². The zero-order valence-electron chi connectivity index (χ0n) is 14.3. The van der Waals surface area contributed by atoms with Crippen LogP contribution >= 0.6 is 11.8 Å². The van der Waals surface area contributed by atoms with Crippen molar-refractivity contribution < 1.29 is 22.8 Å². The van der Waals surface area contributed by atoms with Crippen LogP contribution in [0.3, 0.4) is 0 Å². The van der Waals surface area contributed by atoms with E-state index in [-0.39, 0.29) is 28.1 Å². The van der Waals surface area contributed by atoms with E-state index in [4.69, 9.17) is 0 Å². The predicted molar refractivity (Wildman–Crippen MR) is 97.9 cm³/mol. The van der Waals surface area contributed by atoms with Gasteiger partial charge in [0.05, 0.1) is 5.56 Å². The number of hydrogen-bond donors (Lipinski definition) is 1. The van der Waals surface area contributed by atoms with Crippen molar-refractivity contribution in [2.75, 3.05) is 18.4 Å². The molecule has 1 aliphatic rings. The van der Waals surface area contributed by atoms with E-state index in [1.54, 1.807) is 29.2 Å². The molecule has 0 atom stereocenters. The minimum Gasteiger partial charge on any atom is -0.339 e. The molecule has 0 aromatic heterocycles. The summed E-state index contributed by atoms with van der Waals surface area (Å²) in [5.41, 5.74) is -3.61. The van der Waals surface area contributed by atoms with E-state index in [1.165, 1.54) is 24.3 Å². The maximum absolute atomic E-state index is 12.7. The molecule has 1 N–H and O–H groups in total. The first-order valence-corrected chi connectivity index (χ1v) is 9.20. The van der Waals surface area contributed by atoms with Crippen molar-refractivity contribution in [2.45, 2.75) is 23.2 Å². The van der Waals surface area contributed by atoms with Crippen LogP contribution in [-0.4, -0.2) is 35.3 Å². The Labute approximate surface area is 158 Å². The Bertz CT molecular complexity index is 832. The number of thioether (sulfide) groups is 1. The van der Waals surface area contributed by atoms with Crippen molar-refractivity contribution in [1.29, 1.82) is 0 Å². The summed E-state index contributed by atoms with van der Waals surface area (Å²) in [5, 5.41) is 2.58. The van der Waals surface area contributed by atoms with Crippen LogP contribution < -0.4 is 5.32 Å². The van der Waals surface area contributed by atoms with Gasteiger partial charge in [0.2, 0.25) is 0 Å². The second-order valence-electron chi connectivity index (χ2n) is 6.07. The average molecular weight is 394 g/mol. The van der Waals surface area contributed by atoms with Gasteiger partial charge >= 0.3 is 5.51 Å². The van der Waals surface area contributed by atoms with Crippen LogP contribution in [0.25, 0.3) is 0 Å². The molecular weight excluding hydrogens is 377 g/mol. The molecule has 2 aromatic rings. The van der Waals surface area contributed by atoms with Gasteiger partial charge in [-0.25, -0.2) is 0 Å². The van der Waals surface area contributed by atoms with Gasteiger partial charge in [0, 0.05) is 29.2 Å². The largest absolute Gasteiger partial charge is 0.446 e. The van der Waals surface area contributed by atoms with E-state index in [1.807, 2.05) is 0 Å². The molecule has 0 saturated carbocycles. The summed E-state index contributed by atoms with van der Waals surface area (Å²) in [5.74, 6) is -0.696. The van der Waals surface area contributed by atoms with Crippen molar-refractivity contribution in [1.82, 2.24) is 4.90 Å². The van der Waals surface area contributed by atoms with E-state index >= 15 is 0 Å². The molecule has 27 heavy (non-hydrogen) atoms. The van der Waals surface area contributed by atoms with Crippen LogP contribution in [-0.2, 0) is 0 Å². The molecule has 3 rings (SSSR count). The highest BCUT2D eigenvalue weighted by Crippen LogP contribution is 2.38. The van der Waals surface area contributed by atoms with Gasteiger partial charge in [-0.05, 0) is 61.0 Å². The zero-order chi connectivity index (χ0) is 19.4. The van der Waals surface area contributed by atoms with E-state index in [0.717, 1.165) is 25.9 Å². The van der Waals surface area contributed by atoms with Gasteiger partial charge in [-0.2, -0.15) is 13.2 Å². The van der Waals surface area contributed by atoms with Gasteiger partial charge < -0.3 is 10.2 Å². The number of nitrogens with one attached hydrogen (secondary N) is 1. The lowest BCUT2D eigenvalue weighted by molar-refractivity contribution is -0.0328. The standard InChI is InChI=1S/C19H17F3N2O2S/c20-19(21,22)27-16-6-2-1-5-15(16)17(25)23-14-9-7-13(8-10-14)18(26)24-11-3-4-12-24/h1-2,5-10H,3-4,11-12H2,(H,23,25). The Balaban J connectivity index is 1.70. The third-order valence-electron chi connectivity index (χ3n) is 4.14. The number of alkyl halides is 3. The summed E-state index contributed by atoms with van der Waals surface area (Å²) in [6.45, 7) is 1.48. The highest BCUT2D eigenvalue weighted by Gasteiger charge is 2.31. The molecule has 1 aliphatic heterocycles. The molecule has 2 aromatic carbocycles. The number of carbonyl (C=O) groups excluding carboxylic acids is 2. The van der Waals surface area contributed by atoms with Gasteiger partial charge in [0.25, 0.3) is 11.8 Å². The van der Waals surface area contributed by atoms with Gasteiger partial charge in [0.1, 0.15) is 0 Å². The van der Waals surface area contributed by atoms with Crippen LogP contribution in [0.2, 0.25) is 0 Å². The molecule has 2 amide bonds. The summed E-state index contributed by atoms with van der Waals surface area (Å²) < 4.78 is 38.0. The molecule has 4 nitrogen and oxygen atoms in total. The van der Waals surface area contributed by atoms with Crippen LogP contribution in [0, 0.1) is 0 Å². The number of carbonyl (C=O) groups is 2. The van der Waals surface area contributed by atoms with Crippen molar-refractivity contribution >= 4 is 29.3 Å². The Kier molecular flexibility index (Phi) is 5.74. The van der Waals surface area contributed by atoms with E-state index in [0.29, 0.717) is 11.3 Å². The lowest BCUT2D eigenvalue weighted by atomic mass is 10.1. The molecule has 0 aliphatic carbocycles. The maximum Gasteiger partial charge on any atom is 0.446 e. The van der Waals surface area contributed by atoms with Gasteiger partial charge in [-0.3, -0.25) is 9.59 Å². The lowest BCUT2D eigenvalue weighted by Crippen LogP contribution is -2.27. The molecule has 1 heterocycles. The Morgan fingerprint density at radius 3 is 2.22 bits per heavy atom. The summed E-state index contributed by atoms with van der Waals surface area (Å²) in [6.07, 6.45) is 1.99. The third kappa shape index (κ3) is 5.03. The first-order chi connectivity index (χ1) is 12.8. The van der Waals surface area contributed by atoms with Gasteiger partial charge in [-0.1, -0.05) is 12.1 Å². The predicted octanol–water partition coefficient (Wildman–Crippen LogP) is 4.79. The minimum atomic E-state index is -4.48. The number of anilines is 1. The highest BCUT2D eigenvalue weighted by molar-refractivity contribution is 8.00. The molecule has 1 saturated heterocycles. The monoisotopic (exact) mass is 394 g/mol. The molecule has 0 unspecified atom stereocenters. The fourth-order valence-corrected chi connectivity index (χ4v) is 3.53. The maximum atomic E-state index is 12.7. The molecule has 0 spiro atoms. The first-order valence-electron chi connectivity index (χ1n) is 8.39. The quantitative estimate of drug-likeness (QED) is 0.759. The topological polar surface area (TPSA) is 49.4 Å². The molecule has 142 valence electrons. The van der Waals surface area contributed by atoms with E-state index in [9.17, 15) is 22.8 Å². The number of hydrogen-bond acceptors (Lipinski definition) is 3. The molecule has 8 heteroatoms. The molecule has 1 fully saturated rings. The average Bonchev–Trinajstić information content (AvgIpc) is 3.15. The smallest absolute Gasteiger partial charge is 0.339 e. The van der Waals surface area contributed by atoms with Crippen LogP contribution in [0.4, 0.5) is 18.9 Å². The Morgan fingerprint density at radius 1 is 0.963 bits per heavy atom. The molecule has 0 radical (unpaired) electrons. The summed E-state index contributed by atoms with van der Waals surface area (Å²) in [4.78, 5) is 26.3. The SMILES string of the molecule is O=C(Nc1ccc(C(=O)N2CCCC2)cc1)c1ccccc1SC(F)(F)F. The van der Waals surface area contributed by atoms with Crippen molar-refractivity contribution in [3.05, 3.63) is 59.7 Å². The number of rotatable bonds is 4. The number of amides is 2. The summed E-state index contributed by atoms with van der Waals surface area (Å²) in [7, 11) is 0. The number of likely N-dealkylation sites (tertiary alicyclic amines) is 1. The van der Waals surface area contributed by atoms with Crippen LogP contribution in [0.1, 0.15) is 33.6 Å². The number of benzene rings is 2. The van der Waals surface area contributed by atoms with Crippen molar-refractivity contribution in [3.63, 3.8) is 0 Å². The number of halogens is 3. The lowest BCUT2D eigenvalue weighted by Gasteiger charge is -2.15. The summed E-state index contributed by atoms with van der Waals surface area (Å²) in [6, 6.07) is 11.9. The zero-order valence-corrected chi connectivity index (χ0v) is 15.1. The van der Waals surface area contributed by atoms with Gasteiger partial charge in [-0.15, -0.1) is 0 Å². The summed E-state index contributed by atoms with van der Waals surface area (Å²) >= 11 is -0.324. The van der Waals surface area contributed by atoms with Crippen molar-refractivity contribution in [3.8, 4) is 0 Å². The van der Waals surface area contributed by atoms with E-state index < -0.39 is 11.4 Å². The van der Waals surface area contributed by atoms with Crippen LogP contribution in [0.5, 0.6) is 0 Å². The fourth-order valence-electron chi connectivity index (χ4n) is 2.87. The minimum absolute atomic E-state index is 0.0581. The normalized spacial score (nSPS) is 14.3. The fraction of sp³-hybridized carbons (Fsp3) is 0.263. The van der Waals surface area contributed by atoms with Crippen molar-refractivity contribution in [2.24, 2.45) is 0 Å². The molecular formula is C19H17F3N2O2S. The number of nitrogens with zero attached hydrogens (tertiary/aromatic N) is 1.